The molecular formula is C12H6F2N2O4. The summed E-state index contributed by atoms with van der Waals surface area (Å²) in [6.45, 7) is 0. The second kappa shape index (κ2) is 5.00. The Morgan fingerprint density at radius 3 is 2.10 bits per heavy atom. The van der Waals surface area contributed by atoms with Crippen LogP contribution in [0.1, 0.15) is 0 Å². The molecule has 0 N–H and O–H groups in total. The molecule has 0 atom stereocenters. The number of hydrogen-bond acceptors (Lipinski definition) is 4. The van der Waals surface area contributed by atoms with E-state index in [2.05, 4.69) is 0 Å². The number of nitrogens with zero attached hydrogens (tertiary/aromatic N) is 2. The van der Waals surface area contributed by atoms with Crippen molar-refractivity contribution in [3.63, 3.8) is 0 Å². The third-order valence-electron chi connectivity index (χ3n) is 2.64. The van der Waals surface area contributed by atoms with Crippen LogP contribution in [0.15, 0.2) is 36.4 Å². The van der Waals surface area contributed by atoms with Crippen molar-refractivity contribution in [2.45, 2.75) is 0 Å². The van der Waals surface area contributed by atoms with Gasteiger partial charge in [0.1, 0.15) is 0 Å². The topological polar surface area (TPSA) is 86.3 Å². The lowest BCUT2D eigenvalue weighted by Gasteiger charge is -2.05. The van der Waals surface area contributed by atoms with Crippen molar-refractivity contribution in [2.75, 3.05) is 0 Å². The third kappa shape index (κ3) is 2.18. The molecule has 0 amide bonds. The van der Waals surface area contributed by atoms with Crippen LogP contribution >= 0.6 is 0 Å². The maximum atomic E-state index is 13.5. The molecule has 2 aromatic carbocycles. The minimum atomic E-state index is -1.65. The van der Waals surface area contributed by atoms with Crippen LogP contribution in [0.25, 0.3) is 11.1 Å². The highest BCUT2D eigenvalue weighted by Gasteiger charge is 2.28. The molecule has 0 aliphatic carbocycles. The van der Waals surface area contributed by atoms with Gasteiger partial charge in [0.15, 0.2) is 5.82 Å². The Bertz CT molecular complexity index is 719. The van der Waals surface area contributed by atoms with Gasteiger partial charge in [0.2, 0.25) is 5.82 Å². The number of benzene rings is 2. The van der Waals surface area contributed by atoms with E-state index in [-0.39, 0.29) is 11.1 Å². The largest absolute Gasteiger partial charge is 0.315 e. The zero-order valence-electron chi connectivity index (χ0n) is 9.75. The van der Waals surface area contributed by atoms with E-state index in [9.17, 15) is 29.0 Å². The van der Waals surface area contributed by atoms with Gasteiger partial charge < -0.3 is 0 Å². The molecule has 0 bridgehead atoms. The highest BCUT2D eigenvalue weighted by Crippen LogP contribution is 2.37. The van der Waals surface area contributed by atoms with E-state index in [1.165, 1.54) is 18.2 Å². The number of rotatable bonds is 3. The molecule has 0 spiro atoms. The van der Waals surface area contributed by atoms with Crippen LogP contribution in [0.3, 0.4) is 0 Å². The zero-order chi connectivity index (χ0) is 14.9. The molecule has 0 heterocycles. The highest BCUT2D eigenvalue weighted by molar-refractivity contribution is 5.80. The van der Waals surface area contributed by atoms with Crippen molar-refractivity contribution in [3.8, 4) is 11.1 Å². The highest BCUT2D eigenvalue weighted by atomic mass is 19.2. The number of halogens is 2. The SMILES string of the molecule is O=[N+]([O-])c1ccccc1-c1ccc(F)c(F)c1[N+](=O)[O-]. The number of para-hydroxylation sites is 1. The van der Waals surface area contributed by atoms with Gasteiger partial charge in [0.05, 0.1) is 21.0 Å². The lowest BCUT2D eigenvalue weighted by molar-refractivity contribution is -0.388. The van der Waals surface area contributed by atoms with Crippen LogP contribution in [-0.2, 0) is 0 Å². The molecule has 0 fully saturated rings. The van der Waals surface area contributed by atoms with Gasteiger partial charge in [-0.15, -0.1) is 0 Å². The van der Waals surface area contributed by atoms with Crippen molar-refractivity contribution >= 4 is 11.4 Å². The first kappa shape index (κ1) is 13.5. The predicted octanol–water partition coefficient (Wildman–Crippen LogP) is 3.45. The zero-order valence-corrected chi connectivity index (χ0v) is 9.75. The van der Waals surface area contributed by atoms with Crippen LogP contribution < -0.4 is 0 Å². The van der Waals surface area contributed by atoms with E-state index >= 15 is 0 Å². The summed E-state index contributed by atoms with van der Waals surface area (Å²) in [4.78, 5) is 19.9. The van der Waals surface area contributed by atoms with Gasteiger partial charge in [0, 0.05) is 6.07 Å². The normalized spacial score (nSPS) is 10.3. The van der Waals surface area contributed by atoms with Crippen molar-refractivity contribution in [3.05, 3.63) is 68.3 Å². The molecule has 0 radical (unpaired) electrons. The van der Waals surface area contributed by atoms with Gasteiger partial charge in [-0.3, -0.25) is 20.2 Å². The number of nitro benzene ring substituents is 2. The standard InChI is InChI=1S/C12H6F2N2O4/c13-9-6-5-8(12(11(9)14)16(19)20)7-3-1-2-4-10(7)15(17)18/h1-6H. The molecule has 0 aromatic heterocycles. The molecule has 0 aliphatic rings. The molecule has 2 rings (SSSR count). The van der Waals surface area contributed by atoms with Crippen LogP contribution in [0, 0.1) is 31.9 Å². The summed E-state index contributed by atoms with van der Waals surface area (Å²) in [5.74, 6) is -3.04. The minimum absolute atomic E-state index is 0.150. The molecule has 6 nitrogen and oxygen atoms in total. The van der Waals surface area contributed by atoms with Gasteiger partial charge in [-0.05, 0) is 18.2 Å². The summed E-state index contributed by atoms with van der Waals surface area (Å²) >= 11 is 0. The second-order valence-electron chi connectivity index (χ2n) is 3.79. The maximum absolute atomic E-state index is 13.5. The Morgan fingerprint density at radius 1 is 0.850 bits per heavy atom. The van der Waals surface area contributed by atoms with Crippen molar-refractivity contribution < 1.29 is 18.6 Å². The minimum Gasteiger partial charge on any atom is -0.258 e. The monoisotopic (exact) mass is 280 g/mol. The van der Waals surface area contributed by atoms with Gasteiger partial charge in [0.25, 0.3) is 5.69 Å². The molecule has 0 saturated carbocycles. The molecule has 102 valence electrons. The van der Waals surface area contributed by atoms with Crippen molar-refractivity contribution in [2.24, 2.45) is 0 Å². The van der Waals surface area contributed by atoms with Crippen LogP contribution in [-0.4, -0.2) is 9.85 Å². The molecule has 0 aliphatic heterocycles. The van der Waals surface area contributed by atoms with Gasteiger partial charge >= 0.3 is 5.69 Å². The van der Waals surface area contributed by atoms with E-state index in [0.29, 0.717) is 6.07 Å². The van der Waals surface area contributed by atoms with Crippen molar-refractivity contribution in [1.29, 1.82) is 0 Å². The second-order valence-corrected chi connectivity index (χ2v) is 3.79. The van der Waals surface area contributed by atoms with Crippen molar-refractivity contribution in [1.82, 2.24) is 0 Å². The first-order chi connectivity index (χ1) is 9.43. The van der Waals surface area contributed by atoms with E-state index < -0.39 is 32.9 Å². The molecule has 0 unspecified atom stereocenters. The Morgan fingerprint density at radius 2 is 1.50 bits per heavy atom. The average molecular weight is 280 g/mol. The molecule has 0 saturated heterocycles. The molecule has 20 heavy (non-hydrogen) atoms. The van der Waals surface area contributed by atoms with E-state index in [0.717, 1.165) is 12.1 Å². The lowest BCUT2D eigenvalue weighted by atomic mass is 10.0. The van der Waals surface area contributed by atoms with Crippen LogP contribution in [0.5, 0.6) is 0 Å². The summed E-state index contributed by atoms with van der Waals surface area (Å²) in [5.41, 5.74) is -2.05. The van der Waals surface area contributed by atoms with Crippen LogP contribution in [0.2, 0.25) is 0 Å². The number of nitro groups is 2. The fourth-order valence-corrected chi connectivity index (χ4v) is 1.80. The molecule has 2 aromatic rings. The Kier molecular flexibility index (Phi) is 3.38. The Balaban J connectivity index is 2.81. The fourth-order valence-electron chi connectivity index (χ4n) is 1.80. The molecular weight excluding hydrogens is 274 g/mol. The van der Waals surface area contributed by atoms with E-state index in [1.54, 1.807) is 0 Å². The first-order valence-electron chi connectivity index (χ1n) is 5.29. The molecule has 8 heteroatoms. The van der Waals surface area contributed by atoms with E-state index in [1.807, 2.05) is 0 Å². The van der Waals surface area contributed by atoms with E-state index in [4.69, 9.17) is 0 Å². The van der Waals surface area contributed by atoms with Gasteiger partial charge in [-0.25, -0.2) is 4.39 Å². The fraction of sp³-hybridized carbons (Fsp3) is 0. The summed E-state index contributed by atoms with van der Waals surface area (Å²) in [6, 6.07) is 6.77. The smallest absolute Gasteiger partial charge is 0.258 e. The van der Waals surface area contributed by atoms with Gasteiger partial charge in [-0.1, -0.05) is 12.1 Å². The Labute approximate surface area is 110 Å². The average Bonchev–Trinajstić information content (AvgIpc) is 2.41. The lowest BCUT2D eigenvalue weighted by Crippen LogP contribution is -2.00. The maximum Gasteiger partial charge on any atom is 0.315 e. The number of hydrogen-bond donors (Lipinski definition) is 0. The third-order valence-corrected chi connectivity index (χ3v) is 2.64. The van der Waals surface area contributed by atoms with Crippen LogP contribution in [0.4, 0.5) is 20.2 Å². The summed E-state index contributed by atoms with van der Waals surface area (Å²) in [6.07, 6.45) is 0. The quantitative estimate of drug-likeness (QED) is 0.636. The summed E-state index contributed by atoms with van der Waals surface area (Å²) in [5, 5.41) is 21.8. The predicted molar refractivity (Wildman–Crippen MR) is 65.1 cm³/mol. The summed E-state index contributed by atoms with van der Waals surface area (Å²) in [7, 11) is 0. The summed E-state index contributed by atoms with van der Waals surface area (Å²) < 4.78 is 26.6. The first-order valence-corrected chi connectivity index (χ1v) is 5.29. The van der Waals surface area contributed by atoms with Gasteiger partial charge in [-0.2, -0.15) is 4.39 Å². The Hall–Kier alpha value is -2.90.